The van der Waals surface area contributed by atoms with E-state index in [0.29, 0.717) is 0 Å². The summed E-state index contributed by atoms with van der Waals surface area (Å²) in [7, 11) is 0. The first-order chi connectivity index (χ1) is 35.2. The Labute approximate surface area is 415 Å². The van der Waals surface area contributed by atoms with Crippen LogP contribution in [0.15, 0.2) is 265 Å². The molecular formula is C68H42N2S. The van der Waals surface area contributed by atoms with E-state index in [0.717, 1.165) is 5.69 Å². The van der Waals surface area contributed by atoms with E-state index in [-0.39, 0.29) is 0 Å². The summed E-state index contributed by atoms with van der Waals surface area (Å²) >= 11 is 1.89. The first-order valence-corrected chi connectivity index (χ1v) is 25.2. The van der Waals surface area contributed by atoms with E-state index in [4.69, 9.17) is 0 Å². The molecule has 1 aliphatic heterocycles. The van der Waals surface area contributed by atoms with Gasteiger partial charge in [0, 0.05) is 31.6 Å². The Kier molecular flexibility index (Phi) is 8.93. The molecule has 3 heteroatoms. The van der Waals surface area contributed by atoms with E-state index in [1.54, 1.807) is 0 Å². The predicted molar refractivity (Wildman–Crippen MR) is 303 cm³/mol. The van der Waals surface area contributed by atoms with Crippen molar-refractivity contribution in [2.24, 2.45) is 0 Å². The lowest BCUT2D eigenvalue weighted by atomic mass is 9.89. The molecule has 0 saturated heterocycles. The lowest BCUT2D eigenvalue weighted by Gasteiger charge is -2.34. The van der Waals surface area contributed by atoms with Gasteiger partial charge in [-0.05, 0) is 136 Å². The van der Waals surface area contributed by atoms with Gasteiger partial charge in [-0.3, -0.25) is 0 Å². The van der Waals surface area contributed by atoms with Crippen LogP contribution in [0.25, 0.3) is 115 Å². The third-order valence-corrected chi connectivity index (χ3v) is 16.1. The summed E-state index contributed by atoms with van der Waals surface area (Å²) in [5.41, 5.74) is 14.4. The maximum absolute atomic E-state index is 2.48. The topological polar surface area (TPSA) is 8.17 Å². The SMILES string of the molecule is c1ccc(-c2cccc3c2ccc2c4ccccc4c(-c4ccc(-n5c6ccccc6c6ccc(-c7ccc8c(c7)Sc7c(ccc9ccccc79)N8c7cccc8ccccc78)cc65)cc4)cc32)cc1. The maximum Gasteiger partial charge on any atom is 0.0608 e. The Morgan fingerprint density at radius 3 is 1.68 bits per heavy atom. The van der Waals surface area contributed by atoms with Crippen molar-refractivity contribution < 1.29 is 0 Å². The molecule has 0 spiro atoms. The molecule has 0 bridgehead atoms. The lowest BCUT2D eigenvalue weighted by Crippen LogP contribution is -2.15. The third-order valence-electron chi connectivity index (χ3n) is 14.9. The molecule has 1 aliphatic rings. The molecule has 13 aromatic carbocycles. The fraction of sp³-hybridized carbons (Fsp3) is 0. The van der Waals surface area contributed by atoms with Crippen molar-refractivity contribution in [3.8, 4) is 39.1 Å². The van der Waals surface area contributed by atoms with Crippen LogP contribution in [0.1, 0.15) is 0 Å². The Morgan fingerprint density at radius 1 is 0.268 bits per heavy atom. The third kappa shape index (κ3) is 6.23. The number of nitrogens with zero attached hydrogens (tertiary/aromatic N) is 2. The van der Waals surface area contributed by atoms with Gasteiger partial charge in [-0.1, -0.05) is 212 Å². The Hall–Kier alpha value is -8.89. The maximum atomic E-state index is 2.48. The minimum absolute atomic E-state index is 1.13. The van der Waals surface area contributed by atoms with Crippen LogP contribution in [-0.4, -0.2) is 4.57 Å². The number of hydrogen-bond donors (Lipinski definition) is 0. The first kappa shape index (κ1) is 40.0. The number of rotatable bonds is 5. The highest BCUT2D eigenvalue weighted by Gasteiger charge is 2.28. The van der Waals surface area contributed by atoms with Crippen molar-refractivity contribution in [3.05, 3.63) is 255 Å². The van der Waals surface area contributed by atoms with Gasteiger partial charge >= 0.3 is 0 Å². The molecular weight excluding hydrogens is 877 g/mol. The number of aromatic nitrogens is 1. The van der Waals surface area contributed by atoms with Crippen LogP contribution < -0.4 is 4.90 Å². The second-order valence-electron chi connectivity index (χ2n) is 18.8. The second kappa shape index (κ2) is 15.8. The molecule has 0 unspecified atom stereocenters. The summed E-state index contributed by atoms with van der Waals surface area (Å²) in [6, 6.07) is 94.3. The van der Waals surface area contributed by atoms with Gasteiger partial charge in [0.25, 0.3) is 0 Å². The predicted octanol–water partition coefficient (Wildman–Crippen LogP) is 19.5. The van der Waals surface area contributed by atoms with Crippen LogP contribution in [0.3, 0.4) is 0 Å². The van der Waals surface area contributed by atoms with Gasteiger partial charge in [0.15, 0.2) is 0 Å². The molecule has 2 heterocycles. The van der Waals surface area contributed by atoms with E-state index >= 15 is 0 Å². The zero-order valence-electron chi connectivity index (χ0n) is 38.6. The lowest BCUT2D eigenvalue weighted by molar-refractivity contribution is 1.18. The van der Waals surface area contributed by atoms with Crippen LogP contribution in [0.2, 0.25) is 0 Å². The molecule has 0 amide bonds. The van der Waals surface area contributed by atoms with E-state index < -0.39 is 0 Å². The molecule has 0 saturated carbocycles. The number of benzene rings is 13. The number of hydrogen-bond acceptors (Lipinski definition) is 2. The van der Waals surface area contributed by atoms with Crippen LogP contribution in [0, 0.1) is 0 Å². The summed E-state index contributed by atoms with van der Waals surface area (Å²) in [5.74, 6) is 0. The molecule has 0 N–H and O–H groups in total. The minimum Gasteiger partial charge on any atom is -0.309 e. The molecule has 1 aromatic heterocycles. The first-order valence-electron chi connectivity index (χ1n) is 24.4. The van der Waals surface area contributed by atoms with Crippen LogP contribution in [0.5, 0.6) is 0 Å². The Morgan fingerprint density at radius 2 is 0.817 bits per heavy atom. The van der Waals surface area contributed by atoms with Crippen LogP contribution in [0.4, 0.5) is 17.1 Å². The van der Waals surface area contributed by atoms with Crippen molar-refractivity contribution in [1.82, 2.24) is 4.57 Å². The van der Waals surface area contributed by atoms with Crippen molar-refractivity contribution >= 4 is 104 Å². The smallest absolute Gasteiger partial charge is 0.0608 e. The summed E-state index contributed by atoms with van der Waals surface area (Å²) in [6.07, 6.45) is 0. The average molecular weight is 919 g/mol. The monoisotopic (exact) mass is 918 g/mol. The highest BCUT2D eigenvalue weighted by molar-refractivity contribution is 8.00. The quantitative estimate of drug-likeness (QED) is 0.159. The molecule has 15 rings (SSSR count). The molecule has 0 atom stereocenters. The van der Waals surface area contributed by atoms with Crippen molar-refractivity contribution in [2.45, 2.75) is 9.79 Å². The van der Waals surface area contributed by atoms with Gasteiger partial charge in [0.2, 0.25) is 0 Å². The van der Waals surface area contributed by atoms with E-state index in [2.05, 4.69) is 264 Å². The largest absolute Gasteiger partial charge is 0.309 e. The van der Waals surface area contributed by atoms with Gasteiger partial charge in [0.1, 0.15) is 0 Å². The fourth-order valence-electron chi connectivity index (χ4n) is 11.7. The molecule has 0 fully saturated rings. The number of fused-ring (bicyclic) bond motifs is 13. The highest BCUT2D eigenvalue weighted by atomic mass is 32.2. The molecule has 0 aliphatic carbocycles. The number of anilines is 3. The van der Waals surface area contributed by atoms with Gasteiger partial charge in [-0.25, -0.2) is 0 Å². The fourth-order valence-corrected chi connectivity index (χ4v) is 12.9. The van der Waals surface area contributed by atoms with Crippen molar-refractivity contribution in [1.29, 1.82) is 0 Å². The average Bonchev–Trinajstić information content (AvgIpc) is 3.77. The second-order valence-corrected chi connectivity index (χ2v) is 19.8. The van der Waals surface area contributed by atoms with Gasteiger partial charge in [-0.15, -0.1) is 0 Å². The Balaban J connectivity index is 0.861. The van der Waals surface area contributed by atoms with Crippen molar-refractivity contribution in [3.63, 3.8) is 0 Å². The summed E-state index contributed by atoms with van der Waals surface area (Å²) in [4.78, 5) is 5.00. The standard InChI is InChI=1S/C68H42N2S/c1-2-14-43(15-3-1)50-24-13-25-55-56(50)36-37-57-53-21-8-9-22-54(53)60(42-61(55)57)46-28-33-49(34-29-46)69-63-26-11-10-23-58(63)59-35-30-47(40-66(59)69)48-32-38-64-67(41-48)71-68-52-20-7-5-17-45(52)31-39-65(68)70(64)62-27-12-18-44-16-4-6-19-51(44)62/h1-42H. The molecule has 2 nitrogen and oxygen atoms in total. The molecule has 330 valence electrons. The van der Waals surface area contributed by atoms with Crippen molar-refractivity contribution in [2.75, 3.05) is 4.90 Å². The van der Waals surface area contributed by atoms with Gasteiger partial charge in [-0.2, -0.15) is 0 Å². The van der Waals surface area contributed by atoms with E-state index in [1.807, 2.05) is 11.8 Å². The molecule has 0 radical (unpaired) electrons. The van der Waals surface area contributed by atoms with E-state index in [1.165, 1.54) is 136 Å². The molecule has 71 heavy (non-hydrogen) atoms. The van der Waals surface area contributed by atoms with Crippen LogP contribution >= 0.6 is 11.8 Å². The summed E-state index contributed by atoms with van der Waals surface area (Å²) < 4.78 is 2.45. The molecule has 14 aromatic rings. The summed E-state index contributed by atoms with van der Waals surface area (Å²) in [6.45, 7) is 0. The minimum atomic E-state index is 1.13. The van der Waals surface area contributed by atoms with Gasteiger partial charge < -0.3 is 9.47 Å². The van der Waals surface area contributed by atoms with E-state index in [9.17, 15) is 0 Å². The van der Waals surface area contributed by atoms with Gasteiger partial charge in [0.05, 0.1) is 28.1 Å². The van der Waals surface area contributed by atoms with Crippen LogP contribution in [-0.2, 0) is 0 Å². The summed E-state index contributed by atoms with van der Waals surface area (Å²) in [5, 5.41) is 15.1. The highest BCUT2D eigenvalue weighted by Crippen LogP contribution is 2.55. The Bertz CT molecular complexity index is 4490. The normalized spacial score (nSPS) is 12.4. The zero-order valence-corrected chi connectivity index (χ0v) is 39.4. The number of para-hydroxylation sites is 1. The zero-order chi connectivity index (χ0) is 46.6.